The molecule has 1 aliphatic rings. The zero-order valence-electron chi connectivity index (χ0n) is 19.4. The van der Waals surface area contributed by atoms with Crippen molar-refractivity contribution in [2.45, 2.75) is 32.7 Å². The maximum atomic E-state index is 13.0. The van der Waals surface area contributed by atoms with Gasteiger partial charge in [-0.25, -0.2) is 0 Å². The fourth-order valence-electron chi connectivity index (χ4n) is 3.78. The fraction of sp³-hybridized carbons (Fsp3) is 0.385. The number of ketones is 1. The maximum Gasteiger partial charge on any atom is 0.295 e. The van der Waals surface area contributed by atoms with Crippen LogP contribution in [0.1, 0.15) is 43.9 Å². The summed E-state index contributed by atoms with van der Waals surface area (Å²) in [7, 11) is 1.53. The van der Waals surface area contributed by atoms with Crippen LogP contribution in [0.4, 0.5) is 0 Å². The zero-order valence-corrected chi connectivity index (χ0v) is 19.4. The number of benzene rings is 2. The average molecular weight is 454 g/mol. The quantitative estimate of drug-likeness (QED) is 0.236. The third-order valence-electron chi connectivity index (χ3n) is 5.46. The highest BCUT2D eigenvalue weighted by Gasteiger charge is 2.45. The summed E-state index contributed by atoms with van der Waals surface area (Å²) in [5.74, 6) is -0.338. The molecule has 0 saturated carbocycles. The van der Waals surface area contributed by atoms with E-state index in [1.54, 1.807) is 24.3 Å². The Hall–Kier alpha value is -3.32. The zero-order chi connectivity index (χ0) is 23.8. The second-order valence-corrected chi connectivity index (χ2v) is 7.72. The number of aliphatic hydroxyl groups is 1. The lowest BCUT2D eigenvalue weighted by Gasteiger charge is -2.25. The van der Waals surface area contributed by atoms with Crippen molar-refractivity contribution in [1.82, 2.24) is 4.90 Å². The van der Waals surface area contributed by atoms with E-state index < -0.39 is 17.7 Å². The van der Waals surface area contributed by atoms with Crippen LogP contribution in [0, 0.1) is 0 Å². The van der Waals surface area contributed by atoms with E-state index >= 15 is 0 Å². The molecule has 1 heterocycles. The highest BCUT2D eigenvalue weighted by molar-refractivity contribution is 6.46. The molecule has 1 aliphatic heterocycles. The second kappa shape index (κ2) is 11.5. The Morgan fingerprint density at radius 1 is 1.00 bits per heavy atom. The van der Waals surface area contributed by atoms with Crippen molar-refractivity contribution in [2.24, 2.45) is 0 Å². The third kappa shape index (κ3) is 5.54. The van der Waals surface area contributed by atoms with Crippen molar-refractivity contribution in [1.29, 1.82) is 0 Å². The minimum atomic E-state index is -0.736. The van der Waals surface area contributed by atoms with Crippen LogP contribution < -0.4 is 9.47 Å². The van der Waals surface area contributed by atoms with Crippen molar-refractivity contribution in [2.75, 3.05) is 33.5 Å². The predicted molar refractivity (Wildman–Crippen MR) is 125 cm³/mol. The van der Waals surface area contributed by atoms with Crippen LogP contribution in [0.25, 0.3) is 5.76 Å². The number of Topliss-reactive ketones (excluding diaryl/α,β-unsaturated/α-hetero) is 1. The summed E-state index contributed by atoms with van der Waals surface area (Å²) < 4.78 is 16.4. The van der Waals surface area contributed by atoms with E-state index in [2.05, 4.69) is 6.92 Å². The monoisotopic (exact) mass is 453 g/mol. The molecule has 7 heteroatoms. The lowest BCUT2D eigenvalue weighted by atomic mass is 9.95. The summed E-state index contributed by atoms with van der Waals surface area (Å²) in [4.78, 5) is 27.3. The molecule has 1 unspecified atom stereocenters. The van der Waals surface area contributed by atoms with Crippen molar-refractivity contribution < 1.29 is 28.9 Å². The summed E-state index contributed by atoms with van der Waals surface area (Å²) in [5, 5.41) is 11.1. The van der Waals surface area contributed by atoms with Gasteiger partial charge in [-0.1, -0.05) is 37.6 Å². The Morgan fingerprint density at radius 2 is 1.76 bits per heavy atom. The first-order valence-corrected chi connectivity index (χ1v) is 11.2. The van der Waals surface area contributed by atoms with Gasteiger partial charge >= 0.3 is 0 Å². The first-order valence-electron chi connectivity index (χ1n) is 11.2. The second-order valence-electron chi connectivity index (χ2n) is 7.72. The number of likely N-dealkylation sites (tertiary alicyclic amines) is 1. The molecule has 2 aromatic rings. The standard InChI is InChI=1S/C26H31NO6/c1-4-6-15-33-20-12-10-18(11-13-20)23-22(25(29)26(30)27(23)14-16-31-3)24(28)19-8-7-9-21(17-19)32-5-2/h7-13,17,23,28H,4-6,14-16H2,1-3H3. The molecule has 176 valence electrons. The van der Waals surface area contributed by atoms with Crippen LogP contribution >= 0.6 is 0 Å². The molecule has 0 aliphatic carbocycles. The topological polar surface area (TPSA) is 85.3 Å². The molecular formula is C26H31NO6. The molecule has 0 spiro atoms. The van der Waals surface area contributed by atoms with Crippen LogP contribution in [0.3, 0.4) is 0 Å². The van der Waals surface area contributed by atoms with E-state index in [-0.39, 0.29) is 24.5 Å². The first kappa shape index (κ1) is 24.3. The number of hydrogen-bond donors (Lipinski definition) is 1. The van der Waals surface area contributed by atoms with E-state index in [1.165, 1.54) is 12.0 Å². The van der Waals surface area contributed by atoms with Crippen molar-refractivity contribution in [3.63, 3.8) is 0 Å². The average Bonchev–Trinajstić information content (AvgIpc) is 3.08. The molecule has 1 fully saturated rings. The number of unbranched alkanes of at least 4 members (excludes halogenated alkanes) is 1. The lowest BCUT2D eigenvalue weighted by Crippen LogP contribution is -2.32. The smallest absolute Gasteiger partial charge is 0.295 e. The molecule has 0 aromatic heterocycles. The van der Waals surface area contributed by atoms with Crippen molar-refractivity contribution in [3.8, 4) is 11.5 Å². The van der Waals surface area contributed by atoms with Gasteiger partial charge in [0, 0.05) is 19.2 Å². The Bertz CT molecular complexity index is 998. The molecule has 2 aromatic carbocycles. The third-order valence-corrected chi connectivity index (χ3v) is 5.46. The summed E-state index contributed by atoms with van der Waals surface area (Å²) in [5.41, 5.74) is 1.16. The number of amides is 1. The van der Waals surface area contributed by atoms with Gasteiger partial charge in [0.2, 0.25) is 0 Å². The molecule has 0 bridgehead atoms. The van der Waals surface area contributed by atoms with Crippen LogP contribution in [-0.4, -0.2) is 55.2 Å². The van der Waals surface area contributed by atoms with Gasteiger partial charge in [-0.15, -0.1) is 0 Å². The SMILES string of the molecule is CCCCOc1ccc(C2C(=C(O)c3cccc(OCC)c3)C(=O)C(=O)N2CCOC)cc1. The summed E-state index contributed by atoms with van der Waals surface area (Å²) in [6, 6.07) is 13.4. The Labute approximate surface area is 194 Å². The van der Waals surface area contributed by atoms with Gasteiger partial charge in [-0.05, 0) is 43.2 Å². The van der Waals surface area contributed by atoms with Gasteiger partial charge in [0.15, 0.2) is 0 Å². The number of ether oxygens (including phenoxy) is 3. The number of carbonyl (C=O) groups excluding carboxylic acids is 2. The predicted octanol–water partition coefficient (Wildman–Crippen LogP) is 4.33. The van der Waals surface area contributed by atoms with Gasteiger partial charge in [0.05, 0.1) is 31.4 Å². The number of hydrogen-bond acceptors (Lipinski definition) is 6. The van der Waals surface area contributed by atoms with Gasteiger partial charge < -0.3 is 24.2 Å². The van der Waals surface area contributed by atoms with Crippen LogP contribution in [0.5, 0.6) is 11.5 Å². The Kier molecular flexibility index (Phi) is 8.49. The molecule has 33 heavy (non-hydrogen) atoms. The van der Waals surface area contributed by atoms with Gasteiger partial charge in [-0.3, -0.25) is 9.59 Å². The molecule has 1 atom stereocenters. The highest BCUT2D eigenvalue weighted by atomic mass is 16.5. The van der Waals surface area contributed by atoms with Crippen LogP contribution in [0.2, 0.25) is 0 Å². The number of aliphatic hydroxyl groups excluding tert-OH is 1. The molecule has 3 rings (SSSR count). The molecule has 1 amide bonds. The summed E-state index contributed by atoms with van der Waals surface area (Å²) in [6.07, 6.45) is 2.00. The molecule has 1 saturated heterocycles. The van der Waals surface area contributed by atoms with E-state index in [0.717, 1.165) is 12.8 Å². The van der Waals surface area contributed by atoms with E-state index in [4.69, 9.17) is 14.2 Å². The highest BCUT2D eigenvalue weighted by Crippen LogP contribution is 2.40. The summed E-state index contributed by atoms with van der Waals surface area (Å²) in [6.45, 7) is 5.54. The number of nitrogens with zero attached hydrogens (tertiary/aromatic N) is 1. The van der Waals surface area contributed by atoms with E-state index in [9.17, 15) is 14.7 Å². The van der Waals surface area contributed by atoms with Crippen molar-refractivity contribution >= 4 is 17.4 Å². The largest absolute Gasteiger partial charge is 0.507 e. The minimum Gasteiger partial charge on any atom is -0.507 e. The molecule has 7 nitrogen and oxygen atoms in total. The van der Waals surface area contributed by atoms with E-state index in [1.807, 2.05) is 31.2 Å². The van der Waals surface area contributed by atoms with Crippen LogP contribution in [0.15, 0.2) is 54.1 Å². The minimum absolute atomic E-state index is 0.0457. The normalized spacial score (nSPS) is 17.4. The van der Waals surface area contributed by atoms with Crippen molar-refractivity contribution in [3.05, 3.63) is 65.2 Å². The molecule has 1 N–H and O–H groups in total. The van der Waals surface area contributed by atoms with Gasteiger partial charge in [-0.2, -0.15) is 0 Å². The molecule has 0 radical (unpaired) electrons. The Morgan fingerprint density at radius 3 is 2.42 bits per heavy atom. The summed E-state index contributed by atoms with van der Waals surface area (Å²) >= 11 is 0. The first-order chi connectivity index (χ1) is 16.0. The number of rotatable bonds is 11. The fourth-order valence-corrected chi connectivity index (χ4v) is 3.78. The van der Waals surface area contributed by atoms with E-state index in [0.29, 0.717) is 35.8 Å². The Balaban J connectivity index is 2.03. The number of methoxy groups -OCH3 is 1. The van der Waals surface area contributed by atoms with Gasteiger partial charge in [0.25, 0.3) is 11.7 Å². The maximum absolute atomic E-state index is 13.0. The van der Waals surface area contributed by atoms with Gasteiger partial charge in [0.1, 0.15) is 17.3 Å². The lowest BCUT2D eigenvalue weighted by molar-refractivity contribution is -0.140. The number of carbonyl (C=O) groups is 2. The molecular weight excluding hydrogens is 422 g/mol. The van der Waals surface area contributed by atoms with Crippen LogP contribution in [-0.2, 0) is 14.3 Å².